The number of nitrogens with zero attached hydrogens (tertiary/aromatic N) is 1. The van der Waals surface area contributed by atoms with Gasteiger partial charge < -0.3 is 15.2 Å². The van der Waals surface area contributed by atoms with Crippen LogP contribution in [0.2, 0.25) is 0 Å². The van der Waals surface area contributed by atoms with Crippen molar-refractivity contribution >= 4 is 5.91 Å². The van der Waals surface area contributed by atoms with Gasteiger partial charge >= 0.3 is 5.70 Å². The predicted octanol–water partition coefficient (Wildman–Crippen LogP) is 4.50. The van der Waals surface area contributed by atoms with Gasteiger partial charge in [0.05, 0.1) is 11.0 Å². The van der Waals surface area contributed by atoms with Crippen LogP contribution in [0.5, 0.6) is 0 Å². The van der Waals surface area contributed by atoms with Crippen LogP contribution in [0.1, 0.15) is 63.9 Å². The number of carbonyl (C=O) groups excluding carboxylic acids is 1. The molecule has 5 unspecified atom stereocenters. The molecule has 2 N–H and O–H groups in total. The first kappa shape index (κ1) is 23.1. The quantitative estimate of drug-likeness (QED) is 0.475. The SMILES string of the molecule is CC12CCC3C4=C(CCC3C1CCC2O)C([N+](=O)[O-])=C(OCC(=O)NCc1ccccc1)CC4. The zero-order chi connectivity index (χ0) is 23.9. The number of hydrogen-bond acceptors (Lipinski definition) is 5. The van der Waals surface area contributed by atoms with Gasteiger partial charge in [-0.05, 0) is 73.7 Å². The van der Waals surface area contributed by atoms with Gasteiger partial charge in [-0.15, -0.1) is 0 Å². The van der Waals surface area contributed by atoms with Gasteiger partial charge in [0.2, 0.25) is 0 Å². The van der Waals surface area contributed by atoms with E-state index in [0.29, 0.717) is 42.9 Å². The highest BCUT2D eigenvalue weighted by atomic mass is 16.6. The first-order valence-electron chi connectivity index (χ1n) is 12.6. The van der Waals surface area contributed by atoms with Gasteiger partial charge in [0.15, 0.2) is 12.4 Å². The number of benzene rings is 1. The van der Waals surface area contributed by atoms with Crippen LogP contribution in [0.15, 0.2) is 52.9 Å². The lowest BCUT2D eigenvalue weighted by Gasteiger charge is -2.51. The van der Waals surface area contributed by atoms with Crippen molar-refractivity contribution in [2.24, 2.45) is 23.2 Å². The second kappa shape index (κ2) is 9.17. The van der Waals surface area contributed by atoms with Crippen LogP contribution in [0.3, 0.4) is 0 Å². The van der Waals surface area contributed by atoms with Crippen LogP contribution in [0.25, 0.3) is 0 Å². The Kier molecular flexibility index (Phi) is 6.23. The molecule has 0 aromatic heterocycles. The van der Waals surface area contributed by atoms with Gasteiger partial charge in [-0.25, -0.2) is 0 Å². The van der Waals surface area contributed by atoms with Gasteiger partial charge in [0.1, 0.15) is 0 Å². The summed E-state index contributed by atoms with van der Waals surface area (Å²) in [6.45, 7) is 2.43. The summed E-state index contributed by atoms with van der Waals surface area (Å²) < 4.78 is 5.75. The molecule has 7 nitrogen and oxygen atoms in total. The number of fused-ring (bicyclic) bond motifs is 4. The second-order valence-electron chi connectivity index (χ2n) is 10.6. The van der Waals surface area contributed by atoms with Crippen molar-refractivity contribution in [3.05, 3.63) is 68.6 Å². The van der Waals surface area contributed by atoms with E-state index in [1.165, 1.54) is 5.57 Å². The lowest BCUT2D eigenvalue weighted by molar-refractivity contribution is -0.425. The number of aliphatic hydroxyl groups excluding tert-OH is 1. The Morgan fingerprint density at radius 1 is 1.18 bits per heavy atom. The van der Waals surface area contributed by atoms with Crippen molar-refractivity contribution in [3.8, 4) is 0 Å². The molecule has 1 aromatic rings. The summed E-state index contributed by atoms with van der Waals surface area (Å²) in [5.74, 6) is 1.44. The van der Waals surface area contributed by atoms with Crippen molar-refractivity contribution in [3.63, 3.8) is 0 Å². The van der Waals surface area contributed by atoms with Crippen LogP contribution in [0.4, 0.5) is 0 Å². The zero-order valence-electron chi connectivity index (χ0n) is 19.8. The fraction of sp³-hybridized carbons (Fsp3) is 0.593. The second-order valence-corrected chi connectivity index (χ2v) is 10.6. The molecule has 4 aliphatic carbocycles. The van der Waals surface area contributed by atoms with E-state index in [-0.39, 0.29) is 34.7 Å². The monoisotopic (exact) mass is 466 g/mol. The standard InChI is InChI=1S/C27H34N2O5/c1-27-14-13-19-18-9-11-23(34-16-25(31)28-15-17-5-3-2-4-6-17)26(29(32)33)21(18)8-7-20(19)22(27)10-12-24(27)30/h2-6,19-20,22,24,30H,7-16H2,1H3,(H,28,31). The van der Waals surface area contributed by atoms with Crippen LogP contribution in [-0.4, -0.2) is 28.6 Å². The van der Waals surface area contributed by atoms with E-state index in [9.17, 15) is 20.0 Å². The summed E-state index contributed by atoms with van der Waals surface area (Å²) in [5, 5.41) is 25.5. The number of aliphatic hydroxyl groups is 1. The topological polar surface area (TPSA) is 102 Å². The van der Waals surface area contributed by atoms with Gasteiger partial charge in [-0.2, -0.15) is 0 Å². The first-order valence-corrected chi connectivity index (χ1v) is 12.6. The fourth-order valence-corrected chi connectivity index (χ4v) is 7.28. The number of rotatable bonds is 6. The molecule has 0 saturated heterocycles. The number of hydrogen-bond donors (Lipinski definition) is 2. The third-order valence-electron chi connectivity index (χ3n) is 9.01. The van der Waals surface area contributed by atoms with Crippen LogP contribution in [-0.2, 0) is 16.1 Å². The molecule has 0 heterocycles. The predicted molar refractivity (Wildman–Crippen MR) is 127 cm³/mol. The molecule has 1 aromatic carbocycles. The molecule has 1 amide bonds. The van der Waals surface area contributed by atoms with Crippen LogP contribution >= 0.6 is 0 Å². The number of nitrogens with one attached hydrogen (secondary N) is 1. The smallest absolute Gasteiger partial charge is 0.309 e. The van der Waals surface area contributed by atoms with E-state index in [4.69, 9.17) is 4.74 Å². The summed E-state index contributed by atoms with van der Waals surface area (Å²) in [6.07, 6.45) is 6.54. The maximum Gasteiger partial charge on any atom is 0.309 e. The van der Waals surface area contributed by atoms with Crippen LogP contribution in [0, 0.1) is 33.3 Å². The molecule has 0 aliphatic heterocycles. The Balaban J connectivity index is 1.30. The van der Waals surface area contributed by atoms with Crippen molar-refractivity contribution in [1.29, 1.82) is 0 Å². The Bertz CT molecular complexity index is 1030. The molecule has 4 aliphatic rings. The highest BCUT2D eigenvalue weighted by Crippen LogP contribution is 2.61. The lowest BCUT2D eigenvalue weighted by atomic mass is 9.54. The molecule has 34 heavy (non-hydrogen) atoms. The third-order valence-corrected chi connectivity index (χ3v) is 9.01. The molecular weight excluding hydrogens is 432 g/mol. The molecule has 0 spiro atoms. The van der Waals surface area contributed by atoms with Crippen molar-refractivity contribution in [2.75, 3.05) is 6.61 Å². The van der Waals surface area contributed by atoms with Crippen molar-refractivity contribution < 1.29 is 19.6 Å². The minimum atomic E-state index is -0.307. The molecule has 5 atom stereocenters. The third kappa shape index (κ3) is 4.04. The average Bonchev–Trinajstić information content (AvgIpc) is 3.15. The maximum absolute atomic E-state index is 12.3. The van der Waals surface area contributed by atoms with Gasteiger partial charge in [-0.1, -0.05) is 42.8 Å². The maximum atomic E-state index is 12.3. The highest BCUT2D eigenvalue weighted by Gasteiger charge is 2.55. The average molecular weight is 467 g/mol. The minimum Gasteiger partial charge on any atom is -0.481 e. The molecule has 5 rings (SSSR count). The molecule has 7 heteroatoms. The molecular formula is C27H34N2O5. The molecule has 2 saturated carbocycles. The van der Waals surface area contributed by atoms with Crippen molar-refractivity contribution in [2.45, 2.75) is 70.9 Å². The molecule has 2 fully saturated rings. The summed E-state index contributed by atoms with van der Waals surface area (Å²) >= 11 is 0. The summed E-state index contributed by atoms with van der Waals surface area (Å²) in [4.78, 5) is 24.1. The Hall–Kier alpha value is -2.67. The number of carbonyl (C=O) groups is 1. The zero-order valence-corrected chi connectivity index (χ0v) is 19.8. The number of ether oxygens (including phenoxy) is 1. The fourth-order valence-electron chi connectivity index (χ4n) is 7.28. The summed E-state index contributed by atoms with van der Waals surface area (Å²) in [5.41, 5.74) is 3.17. The number of nitro groups is 1. The van der Waals surface area contributed by atoms with Crippen LogP contribution < -0.4 is 5.32 Å². The van der Waals surface area contributed by atoms with Gasteiger partial charge in [0, 0.05) is 18.5 Å². The van der Waals surface area contributed by atoms with Gasteiger partial charge in [0.25, 0.3) is 5.91 Å². The number of amides is 1. The molecule has 0 bridgehead atoms. The van der Waals surface area contributed by atoms with E-state index >= 15 is 0 Å². The molecule has 182 valence electrons. The molecule has 0 radical (unpaired) electrons. The van der Waals surface area contributed by atoms with E-state index in [1.54, 1.807) is 0 Å². The summed E-state index contributed by atoms with van der Waals surface area (Å²) in [7, 11) is 0. The summed E-state index contributed by atoms with van der Waals surface area (Å²) in [6, 6.07) is 9.61. The van der Waals surface area contributed by atoms with Gasteiger partial charge in [-0.3, -0.25) is 14.9 Å². The largest absolute Gasteiger partial charge is 0.481 e. The Morgan fingerprint density at radius 2 is 1.97 bits per heavy atom. The Morgan fingerprint density at radius 3 is 2.74 bits per heavy atom. The van der Waals surface area contributed by atoms with E-state index < -0.39 is 0 Å². The van der Waals surface area contributed by atoms with E-state index in [0.717, 1.165) is 49.7 Å². The first-order chi connectivity index (χ1) is 16.4. The lowest BCUT2D eigenvalue weighted by Crippen LogP contribution is -2.45. The van der Waals surface area contributed by atoms with Crippen molar-refractivity contribution in [1.82, 2.24) is 5.32 Å². The Labute approximate surface area is 200 Å². The number of allylic oxidation sites excluding steroid dienone is 3. The highest BCUT2D eigenvalue weighted by molar-refractivity contribution is 5.77. The normalized spacial score (nSPS) is 32.5. The minimum absolute atomic E-state index is 0.00292. The van der Waals surface area contributed by atoms with E-state index in [1.807, 2.05) is 30.3 Å². The van der Waals surface area contributed by atoms with E-state index in [2.05, 4.69) is 12.2 Å².